The summed E-state index contributed by atoms with van der Waals surface area (Å²) < 4.78 is 12.4. The Bertz CT molecular complexity index is 1260. The molecule has 11 heteroatoms. The monoisotopic (exact) mass is 536 g/mol. The number of nitrogens with zero attached hydrogens (tertiary/aromatic N) is 5. The number of piperazine rings is 1. The quantitative estimate of drug-likeness (QED) is 0.295. The van der Waals surface area contributed by atoms with Crippen molar-refractivity contribution in [2.45, 2.75) is 18.2 Å². The number of methoxy groups -OCH3 is 2. The fourth-order valence-corrected chi connectivity index (χ4v) is 5.05. The van der Waals surface area contributed by atoms with Crippen LogP contribution < -0.4 is 19.7 Å². The smallest absolute Gasteiger partial charge is 0.251 e. The van der Waals surface area contributed by atoms with Gasteiger partial charge in [0.15, 0.2) is 22.5 Å². The van der Waals surface area contributed by atoms with Crippen LogP contribution in [-0.2, 0) is 17.9 Å². The zero-order chi connectivity index (χ0) is 26.9. The van der Waals surface area contributed by atoms with E-state index in [1.165, 1.54) is 24.6 Å². The van der Waals surface area contributed by atoms with Crippen LogP contribution in [-0.4, -0.2) is 77.6 Å². The first-order valence-corrected chi connectivity index (χ1v) is 13.3. The molecule has 2 heterocycles. The first kappa shape index (κ1) is 27.1. The van der Waals surface area contributed by atoms with E-state index >= 15 is 0 Å². The summed E-state index contributed by atoms with van der Waals surface area (Å²) in [6.07, 6.45) is 1.73. The van der Waals surface area contributed by atoms with E-state index in [4.69, 9.17) is 9.47 Å². The van der Waals surface area contributed by atoms with Crippen LogP contribution >= 0.6 is 11.8 Å². The second-order valence-corrected chi connectivity index (χ2v) is 9.49. The van der Waals surface area contributed by atoms with Crippen molar-refractivity contribution in [1.82, 2.24) is 25.0 Å². The van der Waals surface area contributed by atoms with Gasteiger partial charge in [0, 0.05) is 44.0 Å². The molecule has 0 unspecified atom stereocenters. The lowest BCUT2D eigenvalue weighted by Crippen LogP contribution is -2.49. The van der Waals surface area contributed by atoms with Crippen LogP contribution in [0.25, 0.3) is 0 Å². The molecule has 0 bridgehead atoms. The maximum atomic E-state index is 12.9. The average Bonchev–Trinajstić information content (AvgIpc) is 3.36. The van der Waals surface area contributed by atoms with Crippen LogP contribution in [0.5, 0.6) is 11.5 Å². The zero-order valence-corrected chi connectivity index (χ0v) is 22.4. The minimum atomic E-state index is -0.280. The molecule has 10 nitrogen and oxygen atoms in total. The van der Waals surface area contributed by atoms with Crippen molar-refractivity contribution in [3.63, 3.8) is 0 Å². The number of para-hydroxylation sites is 1. The average molecular weight is 537 g/mol. The van der Waals surface area contributed by atoms with Gasteiger partial charge in [-0.25, -0.2) is 0 Å². The standard InChI is InChI=1S/C27H32N6O4S/c1-4-12-33-24(18-28-26(35)20-10-11-22(36-2)23(17-20)37-3)29-30-27(33)38-19-25(34)32-15-13-31(14-16-32)21-8-6-5-7-9-21/h4-11,17H,1,12-16,18-19H2,2-3H3,(H,28,35). The van der Waals surface area contributed by atoms with Crippen molar-refractivity contribution in [3.8, 4) is 11.5 Å². The summed E-state index contributed by atoms with van der Waals surface area (Å²) in [5.74, 6) is 1.64. The number of hydrogen-bond donors (Lipinski definition) is 1. The topological polar surface area (TPSA) is 102 Å². The van der Waals surface area contributed by atoms with Gasteiger partial charge in [0.25, 0.3) is 5.91 Å². The minimum Gasteiger partial charge on any atom is -0.493 e. The summed E-state index contributed by atoms with van der Waals surface area (Å²) in [6.45, 7) is 7.42. The maximum absolute atomic E-state index is 12.9. The van der Waals surface area contributed by atoms with Crippen molar-refractivity contribution in [1.29, 1.82) is 0 Å². The molecule has 2 aromatic carbocycles. The predicted octanol–water partition coefficient (Wildman–Crippen LogP) is 2.85. The number of benzene rings is 2. The molecule has 3 aromatic rings. The lowest BCUT2D eigenvalue weighted by molar-refractivity contribution is -0.128. The number of nitrogens with one attached hydrogen (secondary N) is 1. The second-order valence-electron chi connectivity index (χ2n) is 8.54. The molecule has 0 spiro atoms. The fourth-order valence-electron chi connectivity index (χ4n) is 4.18. The number of carbonyl (C=O) groups is 2. The predicted molar refractivity (Wildman–Crippen MR) is 147 cm³/mol. The van der Waals surface area contributed by atoms with Gasteiger partial charge in [-0.1, -0.05) is 36.0 Å². The number of ether oxygens (including phenoxy) is 2. The third kappa shape index (κ3) is 6.46. The van der Waals surface area contributed by atoms with Gasteiger partial charge in [-0.2, -0.15) is 0 Å². The highest BCUT2D eigenvalue weighted by atomic mass is 32.2. The third-order valence-electron chi connectivity index (χ3n) is 6.24. The molecule has 1 fully saturated rings. The Balaban J connectivity index is 1.32. The summed E-state index contributed by atoms with van der Waals surface area (Å²) in [5, 5.41) is 12.0. The van der Waals surface area contributed by atoms with Gasteiger partial charge in [0.1, 0.15) is 0 Å². The van der Waals surface area contributed by atoms with Gasteiger partial charge in [-0.15, -0.1) is 16.8 Å². The molecule has 0 atom stereocenters. The number of amides is 2. The highest BCUT2D eigenvalue weighted by Crippen LogP contribution is 2.27. The van der Waals surface area contributed by atoms with E-state index in [2.05, 4.69) is 39.1 Å². The molecule has 38 heavy (non-hydrogen) atoms. The summed E-state index contributed by atoms with van der Waals surface area (Å²) >= 11 is 1.34. The van der Waals surface area contributed by atoms with Gasteiger partial charge >= 0.3 is 0 Å². The lowest BCUT2D eigenvalue weighted by Gasteiger charge is -2.36. The van der Waals surface area contributed by atoms with E-state index < -0.39 is 0 Å². The summed E-state index contributed by atoms with van der Waals surface area (Å²) in [4.78, 5) is 29.8. The Morgan fingerprint density at radius 2 is 1.76 bits per heavy atom. The molecule has 0 radical (unpaired) electrons. The molecule has 1 aromatic heterocycles. The molecular formula is C27H32N6O4S. The summed E-state index contributed by atoms with van der Waals surface area (Å²) in [6, 6.07) is 15.2. The van der Waals surface area contributed by atoms with Gasteiger partial charge < -0.3 is 29.2 Å². The molecule has 2 amide bonds. The Morgan fingerprint density at radius 3 is 2.45 bits per heavy atom. The van der Waals surface area contributed by atoms with Crippen LogP contribution in [0.15, 0.2) is 66.3 Å². The van der Waals surface area contributed by atoms with Crippen LogP contribution in [0.2, 0.25) is 0 Å². The molecule has 4 rings (SSSR count). The van der Waals surface area contributed by atoms with Crippen molar-refractivity contribution in [2.75, 3.05) is 51.1 Å². The largest absolute Gasteiger partial charge is 0.493 e. The maximum Gasteiger partial charge on any atom is 0.251 e. The third-order valence-corrected chi connectivity index (χ3v) is 7.19. The molecule has 0 saturated carbocycles. The molecule has 1 saturated heterocycles. The van der Waals surface area contributed by atoms with Crippen LogP contribution in [0.3, 0.4) is 0 Å². The molecular weight excluding hydrogens is 504 g/mol. The molecule has 1 aliphatic rings. The highest BCUT2D eigenvalue weighted by Gasteiger charge is 2.22. The SMILES string of the molecule is C=CCn1c(CNC(=O)c2ccc(OC)c(OC)c2)nnc1SCC(=O)N1CCN(c2ccccc2)CC1. The number of aromatic nitrogens is 3. The lowest BCUT2D eigenvalue weighted by atomic mass is 10.2. The summed E-state index contributed by atoms with van der Waals surface area (Å²) in [5.41, 5.74) is 1.61. The Kier molecular flexibility index (Phi) is 9.26. The fraction of sp³-hybridized carbons (Fsp3) is 0.333. The summed E-state index contributed by atoms with van der Waals surface area (Å²) in [7, 11) is 3.06. The Morgan fingerprint density at radius 1 is 1.03 bits per heavy atom. The number of anilines is 1. The van der Waals surface area contributed by atoms with Gasteiger partial charge in [-0.3, -0.25) is 9.59 Å². The Labute approximate surface area is 226 Å². The number of carbonyl (C=O) groups excluding carboxylic acids is 2. The van der Waals surface area contributed by atoms with E-state index in [9.17, 15) is 9.59 Å². The normalized spacial score (nSPS) is 13.2. The van der Waals surface area contributed by atoms with Gasteiger partial charge in [-0.05, 0) is 30.3 Å². The number of allylic oxidation sites excluding steroid dienone is 1. The van der Waals surface area contributed by atoms with Crippen LogP contribution in [0.1, 0.15) is 16.2 Å². The van der Waals surface area contributed by atoms with Crippen LogP contribution in [0, 0.1) is 0 Å². The van der Waals surface area contributed by atoms with Gasteiger partial charge in [0.2, 0.25) is 5.91 Å². The van der Waals surface area contributed by atoms with E-state index in [0.717, 1.165) is 13.1 Å². The molecule has 1 aliphatic heterocycles. The molecule has 1 N–H and O–H groups in total. The number of hydrogen-bond acceptors (Lipinski definition) is 8. The van der Waals surface area contributed by atoms with Crippen molar-refractivity contribution in [3.05, 3.63) is 72.6 Å². The van der Waals surface area contributed by atoms with E-state index in [1.807, 2.05) is 27.7 Å². The highest BCUT2D eigenvalue weighted by molar-refractivity contribution is 7.99. The van der Waals surface area contributed by atoms with Gasteiger partial charge in [0.05, 0.1) is 26.5 Å². The van der Waals surface area contributed by atoms with Crippen LogP contribution in [0.4, 0.5) is 5.69 Å². The van der Waals surface area contributed by atoms with E-state index in [1.54, 1.807) is 31.4 Å². The second kappa shape index (κ2) is 13.0. The Hall–Kier alpha value is -3.99. The first-order chi connectivity index (χ1) is 18.5. The van der Waals surface area contributed by atoms with Crippen molar-refractivity contribution >= 4 is 29.3 Å². The minimum absolute atomic E-state index is 0.0687. The zero-order valence-electron chi connectivity index (χ0n) is 21.6. The number of rotatable bonds is 11. The first-order valence-electron chi connectivity index (χ1n) is 12.3. The van der Waals surface area contributed by atoms with E-state index in [0.29, 0.717) is 47.7 Å². The van der Waals surface area contributed by atoms with Crippen molar-refractivity contribution in [2.24, 2.45) is 0 Å². The number of thioether (sulfide) groups is 1. The van der Waals surface area contributed by atoms with E-state index in [-0.39, 0.29) is 24.1 Å². The molecule has 0 aliphatic carbocycles. The van der Waals surface area contributed by atoms with Crippen molar-refractivity contribution < 1.29 is 19.1 Å². The molecule has 200 valence electrons.